The summed E-state index contributed by atoms with van der Waals surface area (Å²) < 4.78 is 0.762. The topological polar surface area (TPSA) is 29.1 Å². The molecule has 0 spiro atoms. The van der Waals surface area contributed by atoms with Crippen LogP contribution in [0.2, 0.25) is 0 Å². The summed E-state index contributed by atoms with van der Waals surface area (Å²) >= 11 is 3.18. The van der Waals surface area contributed by atoms with Gasteiger partial charge in [-0.3, -0.25) is 4.79 Å². The summed E-state index contributed by atoms with van der Waals surface area (Å²) in [6.45, 7) is 6.08. The molecule has 0 radical (unpaired) electrons. The summed E-state index contributed by atoms with van der Waals surface area (Å²) in [5.41, 5.74) is 1.82. The van der Waals surface area contributed by atoms with E-state index in [1.54, 1.807) is 0 Å². The van der Waals surface area contributed by atoms with E-state index in [1.807, 2.05) is 31.2 Å². The normalized spacial score (nSPS) is 9.57. The fourth-order valence-corrected chi connectivity index (χ4v) is 1.12. The Labute approximate surface area is 92.1 Å². The monoisotopic (exact) mass is 253 g/mol. The first-order valence-electron chi connectivity index (χ1n) is 4.28. The molecular weight excluding hydrogens is 242 g/mol. The van der Waals surface area contributed by atoms with E-state index < -0.39 is 0 Å². The SMILES string of the molecule is C=C(Br)CNC(=O)c1ccc(C)cc1. The lowest BCUT2D eigenvalue weighted by atomic mass is 10.1. The molecule has 0 aliphatic heterocycles. The van der Waals surface area contributed by atoms with Gasteiger partial charge in [0.1, 0.15) is 0 Å². The van der Waals surface area contributed by atoms with E-state index in [0.29, 0.717) is 12.1 Å². The first-order chi connectivity index (χ1) is 6.59. The summed E-state index contributed by atoms with van der Waals surface area (Å²) in [5, 5.41) is 2.73. The van der Waals surface area contributed by atoms with Gasteiger partial charge in [0.15, 0.2) is 0 Å². The van der Waals surface area contributed by atoms with Crippen LogP contribution in [0, 0.1) is 6.92 Å². The predicted octanol–water partition coefficient (Wildman–Crippen LogP) is 2.63. The van der Waals surface area contributed by atoms with Crippen LogP contribution < -0.4 is 5.32 Å². The molecule has 3 heteroatoms. The lowest BCUT2D eigenvalue weighted by Gasteiger charge is -2.03. The number of nitrogens with one attached hydrogen (secondary N) is 1. The Balaban J connectivity index is 2.61. The zero-order chi connectivity index (χ0) is 10.6. The number of carbonyl (C=O) groups excluding carboxylic acids is 1. The summed E-state index contributed by atoms with van der Waals surface area (Å²) in [5.74, 6) is -0.0781. The summed E-state index contributed by atoms with van der Waals surface area (Å²) in [6, 6.07) is 7.44. The Morgan fingerprint density at radius 1 is 1.43 bits per heavy atom. The number of carbonyl (C=O) groups is 1. The van der Waals surface area contributed by atoms with Crippen molar-refractivity contribution in [1.29, 1.82) is 0 Å². The number of aryl methyl sites for hydroxylation is 1. The average Bonchev–Trinajstić information content (AvgIpc) is 2.15. The van der Waals surface area contributed by atoms with Gasteiger partial charge in [0.25, 0.3) is 5.91 Å². The van der Waals surface area contributed by atoms with Gasteiger partial charge in [-0.25, -0.2) is 0 Å². The Bertz CT molecular complexity index is 343. The highest BCUT2D eigenvalue weighted by Gasteiger charge is 2.03. The smallest absolute Gasteiger partial charge is 0.251 e. The Morgan fingerprint density at radius 2 is 2.00 bits per heavy atom. The minimum atomic E-state index is -0.0781. The van der Waals surface area contributed by atoms with E-state index in [1.165, 1.54) is 0 Å². The number of hydrogen-bond acceptors (Lipinski definition) is 1. The van der Waals surface area contributed by atoms with E-state index >= 15 is 0 Å². The molecule has 0 heterocycles. The van der Waals surface area contributed by atoms with Crippen LogP contribution in [-0.2, 0) is 0 Å². The Hall–Kier alpha value is -1.09. The molecule has 0 aromatic heterocycles. The minimum Gasteiger partial charge on any atom is -0.347 e. The van der Waals surface area contributed by atoms with Crippen molar-refractivity contribution in [3.8, 4) is 0 Å². The molecule has 0 unspecified atom stereocenters. The first-order valence-corrected chi connectivity index (χ1v) is 5.07. The highest BCUT2D eigenvalue weighted by atomic mass is 79.9. The maximum absolute atomic E-state index is 11.5. The lowest BCUT2D eigenvalue weighted by molar-refractivity contribution is 0.0958. The molecule has 0 saturated carbocycles. The van der Waals surface area contributed by atoms with Gasteiger partial charge in [-0.2, -0.15) is 0 Å². The molecular formula is C11H12BrNO. The second-order valence-electron chi connectivity index (χ2n) is 3.07. The molecule has 0 fully saturated rings. The number of halogens is 1. The van der Waals surface area contributed by atoms with Crippen molar-refractivity contribution in [2.24, 2.45) is 0 Å². The van der Waals surface area contributed by atoms with E-state index in [2.05, 4.69) is 27.8 Å². The third-order valence-corrected chi connectivity index (χ3v) is 2.03. The van der Waals surface area contributed by atoms with Gasteiger partial charge < -0.3 is 5.32 Å². The van der Waals surface area contributed by atoms with E-state index in [4.69, 9.17) is 0 Å². The van der Waals surface area contributed by atoms with Crippen molar-refractivity contribution in [3.63, 3.8) is 0 Å². The third-order valence-electron chi connectivity index (χ3n) is 1.75. The zero-order valence-electron chi connectivity index (χ0n) is 8.01. The predicted molar refractivity (Wildman–Crippen MR) is 61.6 cm³/mol. The highest BCUT2D eigenvalue weighted by Crippen LogP contribution is 2.03. The Kier molecular flexibility index (Phi) is 3.89. The molecule has 74 valence electrons. The van der Waals surface area contributed by atoms with Gasteiger partial charge in [-0.15, -0.1) is 0 Å². The van der Waals surface area contributed by atoms with E-state index in [-0.39, 0.29) is 5.91 Å². The molecule has 1 aromatic carbocycles. The van der Waals surface area contributed by atoms with E-state index in [9.17, 15) is 4.79 Å². The standard InChI is InChI=1S/C11H12BrNO/c1-8-3-5-10(6-4-8)11(14)13-7-9(2)12/h3-6H,2,7H2,1H3,(H,13,14). The maximum atomic E-state index is 11.5. The van der Waals surface area contributed by atoms with Crippen molar-refractivity contribution >= 4 is 21.8 Å². The highest BCUT2D eigenvalue weighted by molar-refractivity contribution is 9.11. The van der Waals surface area contributed by atoms with Gasteiger partial charge in [0, 0.05) is 16.6 Å². The van der Waals surface area contributed by atoms with Gasteiger partial charge in [-0.1, -0.05) is 40.2 Å². The van der Waals surface area contributed by atoms with Crippen LogP contribution in [0.3, 0.4) is 0 Å². The van der Waals surface area contributed by atoms with Crippen LogP contribution in [0.25, 0.3) is 0 Å². The quantitative estimate of drug-likeness (QED) is 0.882. The molecule has 1 aromatic rings. The second kappa shape index (κ2) is 4.96. The number of rotatable bonds is 3. The summed E-state index contributed by atoms with van der Waals surface area (Å²) in [7, 11) is 0. The van der Waals surface area contributed by atoms with Crippen LogP contribution in [0.1, 0.15) is 15.9 Å². The maximum Gasteiger partial charge on any atom is 0.251 e. The van der Waals surface area contributed by atoms with Crippen molar-refractivity contribution in [2.75, 3.05) is 6.54 Å². The molecule has 1 amide bonds. The lowest BCUT2D eigenvalue weighted by Crippen LogP contribution is -2.24. The molecule has 0 bridgehead atoms. The van der Waals surface area contributed by atoms with Crippen LogP contribution >= 0.6 is 15.9 Å². The molecule has 0 aliphatic carbocycles. The van der Waals surface area contributed by atoms with E-state index in [0.717, 1.165) is 10.0 Å². The van der Waals surface area contributed by atoms with Gasteiger partial charge in [-0.05, 0) is 19.1 Å². The fraction of sp³-hybridized carbons (Fsp3) is 0.182. The molecule has 0 aliphatic rings. The minimum absolute atomic E-state index is 0.0781. The first kappa shape index (κ1) is 11.0. The molecule has 1 N–H and O–H groups in total. The Morgan fingerprint density at radius 3 is 2.50 bits per heavy atom. The van der Waals surface area contributed by atoms with Crippen LogP contribution in [0.5, 0.6) is 0 Å². The molecule has 14 heavy (non-hydrogen) atoms. The number of amides is 1. The second-order valence-corrected chi connectivity index (χ2v) is 4.19. The number of benzene rings is 1. The number of hydrogen-bond donors (Lipinski definition) is 1. The van der Waals surface area contributed by atoms with Gasteiger partial charge in [0.2, 0.25) is 0 Å². The van der Waals surface area contributed by atoms with Crippen LogP contribution in [0.15, 0.2) is 35.3 Å². The van der Waals surface area contributed by atoms with Crippen molar-refractivity contribution < 1.29 is 4.79 Å². The van der Waals surface area contributed by atoms with Crippen molar-refractivity contribution in [3.05, 3.63) is 46.5 Å². The summed E-state index contributed by atoms with van der Waals surface area (Å²) in [6.07, 6.45) is 0. The van der Waals surface area contributed by atoms with Gasteiger partial charge >= 0.3 is 0 Å². The van der Waals surface area contributed by atoms with Crippen molar-refractivity contribution in [2.45, 2.75) is 6.92 Å². The molecule has 1 rings (SSSR count). The fourth-order valence-electron chi connectivity index (χ4n) is 0.983. The van der Waals surface area contributed by atoms with Crippen molar-refractivity contribution in [1.82, 2.24) is 5.32 Å². The molecule has 0 atom stereocenters. The van der Waals surface area contributed by atoms with Crippen LogP contribution in [0.4, 0.5) is 0 Å². The third kappa shape index (κ3) is 3.34. The molecule has 0 saturated heterocycles. The largest absolute Gasteiger partial charge is 0.347 e. The summed E-state index contributed by atoms with van der Waals surface area (Å²) in [4.78, 5) is 11.5. The molecule has 2 nitrogen and oxygen atoms in total. The average molecular weight is 254 g/mol. The van der Waals surface area contributed by atoms with Gasteiger partial charge in [0.05, 0.1) is 0 Å². The zero-order valence-corrected chi connectivity index (χ0v) is 9.60. The van der Waals surface area contributed by atoms with Crippen LogP contribution in [-0.4, -0.2) is 12.5 Å².